The summed E-state index contributed by atoms with van der Waals surface area (Å²) in [7, 11) is 0. The molecule has 8 heteroatoms. The normalized spacial score (nSPS) is 15.5. The summed E-state index contributed by atoms with van der Waals surface area (Å²) < 4.78 is 0. The number of benzene rings is 1. The van der Waals surface area contributed by atoms with Crippen LogP contribution in [0, 0.1) is 0 Å². The van der Waals surface area contributed by atoms with Crippen molar-refractivity contribution in [2.75, 3.05) is 13.1 Å². The quantitative estimate of drug-likeness (QED) is 0.456. The molecule has 1 atom stereocenters. The Labute approximate surface area is 194 Å². The molecule has 2 amide bonds. The molecule has 0 saturated carbocycles. The number of likely N-dealkylation sites (tertiary alicyclic amines) is 1. The number of aromatic nitrogens is 1. The van der Waals surface area contributed by atoms with Crippen LogP contribution in [0.2, 0.25) is 0 Å². The Morgan fingerprint density at radius 3 is 2.70 bits per heavy atom. The summed E-state index contributed by atoms with van der Waals surface area (Å²) in [6.07, 6.45) is 2.12. The van der Waals surface area contributed by atoms with E-state index in [4.69, 9.17) is 0 Å². The standard InChI is InChI=1S/C25H33N3O5/c1-25(2,26-15-22(31)19-9-10-21(30)20(16-29)27-19)14-18-7-5-6-17(12-18)13-24(33)28-11-4-3-8-23(28)32/h5-7,9-10,12,22,26,29-31H,3-4,8,11,13-16H2,1-2H3. The summed E-state index contributed by atoms with van der Waals surface area (Å²) in [5.41, 5.74) is 2.05. The van der Waals surface area contributed by atoms with Crippen LogP contribution >= 0.6 is 0 Å². The van der Waals surface area contributed by atoms with Crippen LogP contribution in [0.15, 0.2) is 36.4 Å². The molecule has 178 valence electrons. The first-order valence-electron chi connectivity index (χ1n) is 11.3. The van der Waals surface area contributed by atoms with Gasteiger partial charge in [0.1, 0.15) is 17.5 Å². The Hall–Kier alpha value is -2.81. The fraction of sp³-hybridized carbons (Fsp3) is 0.480. The van der Waals surface area contributed by atoms with E-state index in [1.54, 1.807) is 0 Å². The molecule has 2 aromatic rings. The van der Waals surface area contributed by atoms with E-state index >= 15 is 0 Å². The number of aromatic hydroxyl groups is 1. The van der Waals surface area contributed by atoms with E-state index in [1.807, 2.05) is 38.1 Å². The number of hydrogen-bond donors (Lipinski definition) is 4. The molecule has 2 heterocycles. The molecule has 1 aliphatic heterocycles. The van der Waals surface area contributed by atoms with E-state index in [9.17, 15) is 24.9 Å². The number of aliphatic hydroxyl groups is 2. The third-order valence-electron chi connectivity index (χ3n) is 5.85. The van der Waals surface area contributed by atoms with Crippen molar-refractivity contribution >= 4 is 11.8 Å². The lowest BCUT2D eigenvalue weighted by atomic mass is 9.93. The van der Waals surface area contributed by atoms with E-state index in [0.717, 1.165) is 24.0 Å². The van der Waals surface area contributed by atoms with E-state index in [0.29, 0.717) is 25.1 Å². The lowest BCUT2D eigenvalue weighted by Crippen LogP contribution is -2.43. The SMILES string of the molecule is CC(C)(Cc1cccc(CC(=O)N2CCCCC2=O)c1)NCC(O)c1ccc(O)c(CO)n1. The Morgan fingerprint density at radius 2 is 1.97 bits per heavy atom. The van der Waals surface area contributed by atoms with E-state index in [1.165, 1.54) is 17.0 Å². The number of amides is 2. The Balaban J connectivity index is 1.58. The minimum atomic E-state index is -0.902. The molecule has 1 unspecified atom stereocenters. The van der Waals surface area contributed by atoms with Crippen molar-refractivity contribution in [2.45, 2.75) is 64.2 Å². The predicted octanol–water partition coefficient (Wildman–Crippen LogP) is 2.01. The molecule has 33 heavy (non-hydrogen) atoms. The maximum atomic E-state index is 12.6. The first-order valence-corrected chi connectivity index (χ1v) is 11.3. The van der Waals surface area contributed by atoms with E-state index < -0.39 is 12.7 Å². The molecule has 0 aliphatic carbocycles. The van der Waals surface area contributed by atoms with Crippen LogP contribution in [0.25, 0.3) is 0 Å². The van der Waals surface area contributed by atoms with Crippen LogP contribution < -0.4 is 5.32 Å². The minimum absolute atomic E-state index is 0.0828. The third-order valence-corrected chi connectivity index (χ3v) is 5.85. The van der Waals surface area contributed by atoms with Crippen molar-refractivity contribution in [2.24, 2.45) is 0 Å². The van der Waals surface area contributed by atoms with Crippen molar-refractivity contribution < 1.29 is 24.9 Å². The van der Waals surface area contributed by atoms with Crippen molar-refractivity contribution in [3.8, 4) is 5.75 Å². The molecule has 0 radical (unpaired) electrons. The molecule has 1 saturated heterocycles. The number of aliphatic hydroxyl groups excluding tert-OH is 2. The smallest absolute Gasteiger partial charge is 0.233 e. The van der Waals surface area contributed by atoms with Gasteiger partial charge in [0.2, 0.25) is 11.8 Å². The zero-order chi connectivity index (χ0) is 24.0. The highest BCUT2D eigenvalue weighted by atomic mass is 16.3. The predicted molar refractivity (Wildman–Crippen MR) is 123 cm³/mol. The van der Waals surface area contributed by atoms with Crippen LogP contribution in [-0.2, 0) is 29.0 Å². The first-order chi connectivity index (χ1) is 15.7. The van der Waals surface area contributed by atoms with Gasteiger partial charge in [-0.1, -0.05) is 24.3 Å². The highest BCUT2D eigenvalue weighted by Gasteiger charge is 2.25. The molecule has 1 aliphatic rings. The van der Waals surface area contributed by atoms with Gasteiger partial charge in [-0.3, -0.25) is 14.5 Å². The highest BCUT2D eigenvalue weighted by Crippen LogP contribution is 2.21. The summed E-state index contributed by atoms with van der Waals surface area (Å²) in [6.45, 7) is 4.38. The van der Waals surface area contributed by atoms with Gasteiger partial charge < -0.3 is 20.6 Å². The Kier molecular flexibility index (Phi) is 8.18. The van der Waals surface area contributed by atoms with Gasteiger partial charge in [-0.25, -0.2) is 4.98 Å². The zero-order valence-electron chi connectivity index (χ0n) is 19.3. The second-order valence-corrected chi connectivity index (χ2v) is 9.21. The number of carbonyl (C=O) groups is 2. The number of imide groups is 1. The fourth-order valence-electron chi connectivity index (χ4n) is 4.05. The number of nitrogens with zero attached hydrogens (tertiary/aromatic N) is 2. The third kappa shape index (κ3) is 6.83. The van der Waals surface area contributed by atoms with Crippen molar-refractivity contribution in [3.63, 3.8) is 0 Å². The van der Waals surface area contributed by atoms with Gasteiger partial charge in [0.05, 0.1) is 18.7 Å². The number of hydrogen-bond acceptors (Lipinski definition) is 7. The molecule has 8 nitrogen and oxygen atoms in total. The summed E-state index contributed by atoms with van der Waals surface area (Å²) in [5.74, 6) is -0.341. The van der Waals surface area contributed by atoms with Gasteiger partial charge in [-0.05, 0) is 56.4 Å². The molecular weight excluding hydrogens is 422 g/mol. The second kappa shape index (κ2) is 10.9. The van der Waals surface area contributed by atoms with Crippen molar-refractivity contribution in [3.05, 3.63) is 58.9 Å². The number of piperidine rings is 1. The highest BCUT2D eigenvalue weighted by molar-refractivity contribution is 5.96. The van der Waals surface area contributed by atoms with Crippen molar-refractivity contribution in [1.29, 1.82) is 0 Å². The summed E-state index contributed by atoms with van der Waals surface area (Å²) in [5, 5.41) is 32.7. The van der Waals surface area contributed by atoms with Crippen LogP contribution in [0.3, 0.4) is 0 Å². The number of nitrogens with one attached hydrogen (secondary N) is 1. The zero-order valence-corrected chi connectivity index (χ0v) is 19.3. The average molecular weight is 456 g/mol. The fourth-order valence-corrected chi connectivity index (χ4v) is 4.05. The number of carbonyl (C=O) groups excluding carboxylic acids is 2. The molecule has 1 fully saturated rings. The molecule has 4 N–H and O–H groups in total. The van der Waals surface area contributed by atoms with Gasteiger partial charge >= 0.3 is 0 Å². The first kappa shape index (κ1) is 24.8. The molecule has 0 spiro atoms. The Morgan fingerprint density at radius 1 is 1.21 bits per heavy atom. The van der Waals surface area contributed by atoms with E-state index in [-0.39, 0.29) is 41.8 Å². The average Bonchev–Trinajstić information content (AvgIpc) is 2.78. The molecule has 0 bridgehead atoms. The minimum Gasteiger partial charge on any atom is -0.506 e. The summed E-state index contributed by atoms with van der Waals surface area (Å²) >= 11 is 0. The van der Waals surface area contributed by atoms with Crippen LogP contribution in [0.4, 0.5) is 0 Å². The summed E-state index contributed by atoms with van der Waals surface area (Å²) in [6, 6.07) is 10.7. The maximum Gasteiger partial charge on any atom is 0.233 e. The second-order valence-electron chi connectivity index (χ2n) is 9.21. The van der Waals surface area contributed by atoms with Gasteiger partial charge in [0, 0.05) is 25.0 Å². The maximum absolute atomic E-state index is 12.6. The molecule has 1 aromatic carbocycles. The largest absolute Gasteiger partial charge is 0.506 e. The summed E-state index contributed by atoms with van der Waals surface area (Å²) in [4.78, 5) is 30.1. The Bertz CT molecular complexity index is 992. The lowest BCUT2D eigenvalue weighted by Gasteiger charge is -2.28. The van der Waals surface area contributed by atoms with Gasteiger partial charge in [0.25, 0.3) is 0 Å². The van der Waals surface area contributed by atoms with Crippen LogP contribution in [0.1, 0.15) is 61.7 Å². The van der Waals surface area contributed by atoms with Gasteiger partial charge in [-0.15, -0.1) is 0 Å². The number of pyridine rings is 1. The van der Waals surface area contributed by atoms with E-state index in [2.05, 4.69) is 10.3 Å². The topological polar surface area (TPSA) is 123 Å². The van der Waals surface area contributed by atoms with Crippen LogP contribution in [0.5, 0.6) is 5.75 Å². The monoisotopic (exact) mass is 455 g/mol. The van der Waals surface area contributed by atoms with Gasteiger partial charge in [0.15, 0.2) is 0 Å². The molecule has 1 aromatic heterocycles. The number of β-amino-alcohol motifs (C(OH)–C–C–N with tert-alkyl or cyclic N) is 1. The molecule has 3 rings (SSSR count). The van der Waals surface area contributed by atoms with Crippen LogP contribution in [-0.4, -0.2) is 55.6 Å². The van der Waals surface area contributed by atoms with Gasteiger partial charge in [-0.2, -0.15) is 0 Å². The molecular formula is C25H33N3O5. The van der Waals surface area contributed by atoms with Crippen molar-refractivity contribution in [1.82, 2.24) is 15.2 Å². The lowest BCUT2D eigenvalue weighted by molar-refractivity contribution is -0.146. The number of rotatable bonds is 9.